The minimum Gasteiger partial charge on any atom is -0.347 e. The lowest BCUT2D eigenvalue weighted by Crippen LogP contribution is -2.20. The van der Waals surface area contributed by atoms with Crippen LogP contribution in [0.2, 0.25) is 0 Å². The Morgan fingerprint density at radius 3 is 2.42 bits per heavy atom. The monoisotopic (exact) mass is 353 g/mol. The van der Waals surface area contributed by atoms with Gasteiger partial charge in [-0.15, -0.1) is 0 Å². The number of aryl methyl sites for hydroxylation is 1. The number of aromatic nitrogens is 1. The van der Waals surface area contributed by atoms with Crippen LogP contribution in [0, 0.1) is 5.92 Å². The molecule has 0 N–H and O–H groups in total. The van der Waals surface area contributed by atoms with E-state index in [1.807, 2.05) is 12.1 Å². The van der Waals surface area contributed by atoms with Gasteiger partial charge in [-0.3, -0.25) is 0 Å². The molecule has 0 saturated heterocycles. The summed E-state index contributed by atoms with van der Waals surface area (Å²) in [5, 5.41) is 1.22. The highest BCUT2D eigenvalue weighted by molar-refractivity contribution is 5.87. The maximum absolute atomic E-state index is 12.9. The van der Waals surface area contributed by atoms with Gasteiger partial charge in [0.2, 0.25) is 0 Å². The highest BCUT2D eigenvalue weighted by atomic mass is 19.4. The molecule has 3 aromatic rings. The van der Waals surface area contributed by atoms with Crippen molar-refractivity contribution in [1.29, 1.82) is 0 Å². The number of benzene rings is 2. The molecule has 1 nitrogen and oxygen atoms in total. The molecule has 0 radical (unpaired) electrons. The summed E-state index contributed by atoms with van der Waals surface area (Å²) >= 11 is 0. The molecule has 5 rings (SSSR count). The van der Waals surface area contributed by atoms with Crippen molar-refractivity contribution in [2.45, 2.75) is 24.4 Å². The number of rotatable bonds is 1. The van der Waals surface area contributed by atoms with E-state index in [0.717, 1.165) is 12.0 Å². The van der Waals surface area contributed by atoms with Gasteiger partial charge in [-0.05, 0) is 41.7 Å². The van der Waals surface area contributed by atoms with E-state index in [9.17, 15) is 13.2 Å². The normalized spacial score (nSPS) is 24.2. The van der Waals surface area contributed by atoms with Crippen molar-refractivity contribution in [1.82, 2.24) is 4.57 Å². The average Bonchev–Trinajstić information content (AvgIpc) is 3.16. The first kappa shape index (κ1) is 15.7. The highest BCUT2D eigenvalue weighted by Crippen LogP contribution is 2.53. The van der Waals surface area contributed by atoms with Crippen molar-refractivity contribution in [3.63, 3.8) is 0 Å². The van der Waals surface area contributed by atoms with Gasteiger partial charge in [0.1, 0.15) is 0 Å². The van der Waals surface area contributed by atoms with Gasteiger partial charge in [0.15, 0.2) is 0 Å². The number of hydrogen-bond acceptors (Lipinski definition) is 0. The summed E-state index contributed by atoms with van der Waals surface area (Å²) in [5.74, 6) is 0.849. The lowest BCUT2D eigenvalue weighted by Gasteiger charge is -2.31. The second kappa shape index (κ2) is 5.26. The smallest absolute Gasteiger partial charge is 0.347 e. The van der Waals surface area contributed by atoms with Crippen molar-refractivity contribution in [2.24, 2.45) is 13.0 Å². The van der Waals surface area contributed by atoms with E-state index in [1.165, 1.54) is 34.3 Å². The maximum atomic E-state index is 12.9. The molecule has 2 aliphatic rings. The lowest BCUT2D eigenvalue weighted by atomic mass is 9.73. The summed E-state index contributed by atoms with van der Waals surface area (Å²) in [6.07, 6.45) is 1.26. The molecule has 0 saturated carbocycles. The number of nitrogens with zero attached hydrogens (tertiary/aromatic N) is 1. The molecule has 0 amide bonds. The Hall–Kier alpha value is -2.49. The summed E-state index contributed by atoms with van der Waals surface area (Å²) in [4.78, 5) is 0. The van der Waals surface area contributed by atoms with E-state index in [-0.39, 0.29) is 5.92 Å². The van der Waals surface area contributed by atoms with Gasteiger partial charge >= 0.3 is 6.18 Å². The zero-order valence-corrected chi connectivity index (χ0v) is 14.3. The Balaban J connectivity index is 1.72. The van der Waals surface area contributed by atoms with Crippen LogP contribution in [0.1, 0.15) is 40.6 Å². The zero-order chi connectivity index (χ0) is 18.1. The van der Waals surface area contributed by atoms with Crippen molar-refractivity contribution in [3.8, 4) is 0 Å². The predicted molar refractivity (Wildman–Crippen MR) is 96.2 cm³/mol. The van der Waals surface area contributed by atoms with Crippen LogP contribution < -0.4 is 0 Å². The van der Waals surface area contributed by atoms with Gasteiger partial charge in [0.25, 0.3) is 0 Å². The number of hydrogen-bond donors (Lipinski definition) is 0. The van der Waals surface area contributed by atoms with E-state index >= 15 is 0 Å². The third-order valence-corrected chi connectivity index (χ3v) is 6.00. The molecular weight excluding hydrogens is 335 g/mol. The van der Waals surface area contributed by atoms with Crippen molar-refractivity contribution >= 4 is 10.9 Å². The van der Waals surface area contributed by atoms with Crippen molar-refractivity contribution < 1.29 is 13.2 Å². The van der Waals surface area contributed by atoms with Crippen LogP contribution in [0.25, 0.3) is 10.9 Å². The fourth-order valence-electron chi connectivity index (χ4n) is 4.90. The summed E-state index contributed by atoms with van der Waals surface area (Å²) in [6, 6.07) is 14.1. The molecule has 2 bridgehead atoms. The largest absolute Gasteiger partial charge is 0.416 e. The van der Waals surface area contributed by atoms with Gasteiger partial charge in [-0.25, -0.2) is 0 Å². The molecule has 2 aliphatic carbocycles. The Morgan fingerprint density at radius 2 is 1.69 bits per heavy atom. The fourth-order valence-corrected chi connectivity index (χ4v) is 4.90. The van der Waals surface area contributed by atoms with E-state index in [4.69, 9.17) is 0 Å². The third-order valence-electron chi connectivity index (χ3n) is 6.00. The third kappa shape index (κ3) is 2.11. The summed E-state index contributed by atoms with van der Waals surface area (Å²) in [5.41, 5.74) is 4.16. The lowest BCUT2D eigenvalue weighted by molar-refractivity contribution is -0.137. The first-order valence-corrected chi connectivity index (χ1v) is 8.88. The number of fused-ring (bicyclic) bond motifs is 6. The van der Waals surface area contributed by atoms with Crippen LogP contribution in [0.4, 0.5) is 13.2 Å². The quantitative estimate of drug-likeness (QED) is 0.473. The Bertz CT molecular complexity index is 1020. The number of alkyl halides is 3. The topological polar surface area (TPSA) is 4.93 Å². The summed E-state index contributed by atoms with van der Waals surface area (Å²) in [7, 11) is 2.09. The SMILES string of the molecule is Cn1c2c(c3ccccc31)C(c1ccc(C(F)(F)F)cc1)C1C=CC2C1. The summed E-state index contributed by atoms with van der Waals surface area (Å²) in [6.45, 7) is 0. The molecule has 3 atom stereocenters. The molecule has 0 aliphatic heterocycles. The Labute approximate surface area is 149 Å². The molecule has 2 aromatic carbocycles. The standard InChI is InChI=1S/C22H18F3N/c1-26-18-5-3-2-4-17(18)20-19(14-6-7-15(12-14)21(20)26)13-8-10-16(11-9-13)22(23,24)25/h2-11,14-15,19H,12H2,1H3. The van der Waals surface area contributed by atoms with E-state index in [1.54, 1.807) is 12.1 Å². The maximum Gasteiger partial charge on any atom is 0.416 e. The molecule has 132 valence electrons. The first-order valence-electron chi connectivity index (χ1n) is 8.88. The summed E-state index contributed by atoms with van der Waals surface area (Å²) < 4.78 is 41.1. The average molecular weight is 353 g/mol. The van der Waals surface area contributed by atoms with E-state index < -0.39 is 11.7 Å². The zero-order valence-electron chi connectivity index (χ0n) is 14.3. The van der Waals surface area contributed by atoms with Gasteiger partial charge in [0, 0.05) is 35.5 Å². The Kier molecular flexibility index (Phi) is 3.18. The van der Waals surface area contributed by atoms with Gasteiger partial charge < -0.3 is 4.57 Å². The fraction of sp³-hybridized carbons (Fsp3) is 0.273. The second-order valence-corrected chi connectivity index (χ2v) is 7.36. The van der Waals surface area contributed by atoms with Gasteiger partial charge in [0.05, 0.1) is 5.56 Å². The molecule has 4 heteroatoms. The minimum atomic E-state index is -4.30. The molecule has 0 fully saturated rings. The number of para-hydroxylation sites is 1. The molecule has 0 spiro atoms. The minimum absolute atomic E-state index is 0.105. The van der Waals surface area contributed by atoms with Crippen LogP contribution in [0.5, 0.6) is 0 Å². The van der Waals surface area contributed by atoms with Crippen molar-refractivity contribution in [2.75, 3.05) is 0 Å². The number of allylic oxidation sites excluding steroid dienone is 2. The van der Waals surface area contributed by atoms with E-state index in [0.29, 0.717) is 11.8 Å². The number of halogens is 3. The van der Waals surface area contributed by atoms with Crippen LogP contribution >= 0.6 is 0 Å². The molecule has 26 heavy (non-hydrogen) atoms. The van der Waals surface area contributed by atoms with Gasteiger partial charge in [-0.1, -0.05) is 42.5 Å². The first-order chi connectivity index (χ1) is 12.4. The molecule has 1 heterocycles. The van der Waals surface area contributed by atoms with Crippen molar-refractivity contribution in [3.05, 3.63) is 83.1 Å². The van der Waals surface area contributed by atoms with Crippen LogP contribution in [-0.4, -0.2) is 4.57 Å². The highest BCUT2D eigenvalue weighted by Gasteiger charge is 2.41. The predicted octanol–water partition coefficient (Wildman–Crippen LogP) is 6.00. The van der Waals surface area contributed by atoms with E-state index in [2.05, 4.69) is 35.9 Å². The molecule has 3 unspecified atom stereocenters. The second-order valence-electron chi connectivity index (χ2n) is 7.36. The Morgan fingerprint density at radius 1 is 0.962 bits per heavy atom. The molecular formula is C22H18F3N. The van der Waals surface area contributed by atoms with Crippen LogP contribution in [-0.2, 0) is 13.2 Å². The van der Waals surface area contributed by atoms with Crippen LogP contribution in [0.3, 0.4) is 0 Å². The van der Waals surface area contributed by atoms with Gasteiger partial charge in [-0.2, -0.15) is 13.2 Å². The van der Waals surface area contributed by atoms with Crippen LogP contribution in [0.15, 0.2) is 60.7 Å². The molecule has 1 aromatic heterocycles.